The Labute approximate surface area is 114 Å². The molecule has 1 aromatic carbocycles. The Morgan fingerprint density at radius 1 is 1.25 bits per heavy atom. The third-order valence-electron chi connectivity index (χ3n) is 3.26. The van der Waals surface area contributed by atoms with Gasteiger partial charge in [0.25, 0.3) is 5.56 Å². The fraction of sp³-hybridized carbons (Fsp3) is 0.200. The third kappa shape index (κ3) is 2.01. The van der Waals surface area contributed by atoms with E-state index in [2.05, 4.69) is 10.1 Å². The molecule has 102 valence electrons. The Bertz CT molecular complexity index is 815. The molecule has 2 heterocycles. The van der Waals surface area contributed by atoms with Crippen LogP contribution in [0.3, 0.4) is 0 Å². The zero-order valence-electron chi connectivity index (χ0n) is 11.2. The van der Waals surface area contributed by atoms with Gasteiger partial charge in [-0.05, 0) is 23.6 Å². The lowest BCUT2D eigenvalue weighted by Crippen LogP contribution is -2.16. The molecule has 20 heavy (non-hydrogen) atoms. The Morgan fingerprint density at radius 3 is 2.60 bits per heavy atom. The zero-order valence-corrected chi connectivity index (χ0v) is 11.2. The summed E-state index contributed by atoms with van der Waals surface area (Å²) in [7, 11) is 0. The Kier molecular flexibility index (Phi) is 2.89. The number of rotatable bonds is 2. The first kappa shape index (κ1) is 12.6. The summed E-state index contributed by atoms with van der Waals surface area (Å²) >= 11 is 0. The maximum atomic E-state index is 13.0. The van der Waals surface area contributed by atoms with Gasteiger partial charge in [0.2, 0.25) is 0 Å². The Balaban J connectivity index is 2.26. The van der Waals surface area contributed by atoms with Crippen LogP contribution in [0.5, 0.6) is 0 Å². The topological polar surface area (TPSA) is 50.2 Å². The SMILES string of the molecule is CC(C)c1cc(=O)n2[nH]cc(-c3ccc(F)cc3)c2n1. The van der Waals surface area contributed by atoms with E-state index in [9.17, 15) is 9.18 Å². The highest BCUT2D eigenvalue weighted by atomic mass is 19.1. The molecule has 2 aromatic heterocycles. The molecule has 3 rings (SSSR count). The second-order valence-corrected chi connectivity index (χ2v) is 5.03. The summed E-state index contributed by atoms with van der Waals surface area (Å²) in [5.74, 6) is -0.120. The fourth-order valence-corrected chi connectivity index (χ4v) is 2.14. The lowest BCUT2D eigenvalue weighted by Gasteiger charge is -2.05. The molecule has 0 spiro atoms. The normalized spacial score (nSPS) is 11.4. The first-order valence-electron chi connectivity index (χ1n) is 6.43. The Hall–Kier alpha value is -2.43. The van der Waals surface area contributed by atoms with Gasteiger partial charge >= 0.3 is 0 Å². The number of nitrogens with one attached hydrogen (secondary N) is 1. The van der Waals surface area contributed by atoms with Crippen molar-refractivity contribution in [2.45, 2.75) is 19.8 Å². The third-order valence-corrected chi connectivity index (χ3v) is 3.26. The number of fused-ring (bicyclic) bond motifs is 1. The van der Waals surface area contributed by atoms with Gasteiger partial charge in [-0.3, -0.25) is 9.89 Å². The number of aromatic amines is 1. The van der Waals surface area contributed by atoms with E-state index < -0.39 is 0 Å². The highest BCUT2D eigenvalue weighted by Crippen LogP contribution is 2.23. The molecule has 0 bridgehead atoms. The summed E-state index contributed by atoms with van der Waals surface area (Å²) in [5.41, 5.74) is 2.76. The molecule has 0 unspecified atom stereocenters. The number of hydrogen-bond acceptors (Lipinski definition) is 2. The van der Waals surface area contributed by atoms with E-state index in [-0.39, 0.29) is 17.3 Å². The van der Waals surface area contributed by atoms with E-state index in [1.165, 1.54) is 22.7 Å². The van der Waals surface area contributed by atoms with Gasteiger partial charge < -0.3 is 0 Å². The number of H-pyrrole nitrogens is 1. The van der Waals surface area contributed by atoms with Crippen LogP contribution in [0.2, 0.25) is 0 Å². The quantitative estimate of drug-likeness (QED) is 0.779. The van der Waals surface area contributed by atoms with Crippen molar-refractivity contribution >= 4 is 5.65 Å². The zero-order chi connectivity index (χ0) is 14.3. The van der Waals surface area contributed by atoms with Crippen LogP contribution in [0.1, 0.15) is 25.5 Å². The summed E-state index contributed by atoms with van der Waals surface area (Å²) < 4.78 is 14.4. The summed E-state index contributed by atoms with van der Waals surface area (Å²) in [6, 6.07) is 7.66. The van der Waals surface area contributed by atoms with Crippen LogP contribution < -0.4 is 5.56 Å². The largest absolute Gasteiger partial charge is 0.296 e. The summed E-state index contributed by atoms with van der Waals surface area (Å²) in [5, 5.41) is 2.88. The minimum Gasteiger partial charge on any atom is -0.296 e. The average Bonchev–Trinajstić information content (AvgIpc) is 2.84. The molecule has 0 saturated heterocycles. The highest BCUT2D eigenvalue weighted by molar-refractivity contribution is 5.76. The standard InChI is InChI=1S/C15H14FN3O/c1-9(2)13-7-14(20)19-15(18-13)12(8-17-19)10-3-5-11(16)6-4-10/h3-9,17H,1-2H3. The second kappa shape index (κ2) is 4.59. The molecule has 1 N–H and O–H groups in total. The van der Waals surface area contributed by atoms with Gasteiger partial charge in [0.1, 0.15) is 5.82 Å². The molecular formula is C15H14FN3O. The average molecular weight is 271 g/mol. The van der Waals surface area contributed by atoms with Gasteiger partial charge in [-0.15, -0.1) is 0 Å². The second-order valence-electron chi connectivity index (χ2n) is 5.03. The van der Waals surface area contributed by atoms with Crippen molar-refractivity contribution in [1.29, 1.82) is 0 Å². The van der Waals surface area contributed by atoms with E-state index >= 15 is 0 Å². The van der Waals surface area contributed by atoms with Crippen LogP contribution in [0.4, 0.5) is 4.39 Å². The van der Waals surface area contributed by atoms with Gasteiger partial charge in [0.05, 0.1) is 5.69 Å². The van der Waals surface area contributed by atoms with Crippen molar-refractivity contribution < 1.29 is 4.39 Å². The molecule has 0 radical (unpaired) electrons. The summed E-state index contributed by atoms with van der Waals surface area (Å²) in [6.45, 7) is 3.98. The van der Waals surface area contributed by atoms with Gasteiger partial charge in [-0.1, -0.05) is 26.0 Å². The lowest BCUT2D eigenvalue weighted by molar-refractivity contribution is 0.628. The number of halogens is 1. The van der Waals surface area contributed by atoms with Crippen LogP contribution in [0.25, 0.3) is 16.8 Å². The molecule has 5 heteroatoms. The molecule has 0 fully saturated rings. The molecule has 0 aliphatic heterocycles. The summed E-state index contributed by atoms with van der Waals surface area (Å²) in [4.78, 5) is 16.6. The fourth-order valence-electron chi connectivity index (χ4n) is 2.14. The van der Waals surface area contributed by atoms with Crippen molar-refractivity contribution in [3.63, 3.8) is 0 Å². The van der Waals surface area contributed by atoms with Crippen LogP contribution in [0.15, 0.2) is 41.3 Å². The number of aromatic nitrogens is 3. The van der Waals surface area contributed by atoms with E-state index in [1.807, 2.05) is 13.8 Å². The number of hydrogen-bond donors (Lipinski definition) is 1. The monoisotopic (exact) mass is 271 g/mol. The van der Waals surface area contributed by atoms with Gasteiger partial charge in [-0.25, -0.2) is 13.9 Å². The molecule has 0 atom stereocenters. The van der Waals surface area contributed by atoms with Crippen molar-refractivity contribution in [3.8, 4) is 11.1 Å². The first-order valence-corrected chi connectivity index (χ1v) is 6.43. The van der Waals surface area contributed by atoms with E-state index in [1.54, 1.807) is 18.3 Å². The van der Waals surface area contributed by atoms with Crippen molar-refractivity contribution in [1.82, 2.24) is 14.6 Å². The predicted octanol–water partition coefficient (Wildman–Crippen LogP) is 2.95. The van der Waals surface area contributed by atoms with Crippen molar-refractivity contribution in [2.24, 2.45) is 0 Å². The van der Waals surface area contributed by atoms with Crippen LogP contribution in [0, 0.1) is 5.82 Å². The van der Waals surface area contributed by atoms with Crippen molar-refractivity contribution in [3.05, 3.63) is 58.4 Å². The van der Waals surface area contributed by atoms with Crippen molar-refractivity contribution in [2.75, 3.05) is 0 Å². The molecule has 0 saturated carbocycles. The molecule has 0 aliphatic carbocycles. The molecule has 0 amide bonds. The maximum Gasteiger partial charge on any atom is 0.272 e. The van der Waals surface area contributed by atoms with Gasteiger partial charge in [-0.2, -0.15) is 0 Å². The number of nitrogens with zero attached hydrogens (tertiary/aromatic N) is 2. The van der Waals surface area contributed by atoms with Gasteiger partial charge in [0.15, 0.2) is 5.65 Å². The van der Waals surface area contributed by atoms with Gasteiger partial charge in [0, 0.05) is 17.8 Å². The van der Waals surface area contributed by atoms with E-state index in [0.29, 0.717) is 5.65 Å². The summed E-state index contributed by atoms with van der Waals surface area (Å²) in [6.07, 6.45) is 1.71. The van der Waals surface area contributed by atoms with Crippen LogP contribution in [-0.2, 0) is 0 Å². The minimum atomic E-state index is -0.290. The maximum absolute atomic E-state index is 13.0. The predicted molar refractivity (Wildman–Crippen MR) is 75.3 cm³/mol. The Morgan fingerprint density at radius 2 is 1.95 bits per heavy atom. The highest BCUT2D eigenvalue weighted by Gasteiger charge is 2.12. The number of benzene rings is 1. The minimum absolute atomic E-state index is 0.146. The molecular weight excluding hydrogens is 257 g/mol. The van der Waals surface area contributed by atoms with E-state index in [0.717, 1.165) is 16.8 Å². The first-order chi connectivity index (χ1) is 9.56. The smallest absolute Gasteiger partial charge is 0.272 e. The molecule has 0 aliphatic rings. The van der Waals surface area contributed by atoms with Crippen LogP contribution >= 0.6 is 0 Å². The van der Waals surface area contributed by atoms with Crippen LogP contribution in [-0.4, -0.2) is 14.6 Å². The molecule has 3 aromatic rings. The van der Waals surface area contributed by atoms with E-state index in [4.69, 9.17) is 0 Å². The molecule has 4 nitrogen and oxygen atoms in total. The lowest BCUT2D eigenvalue weighted by atomic mass is 10.1.